The minimum Gasteiger partial charge on any atom is -0.624 e. The summed E-state index contributed by atoms with van der Waals surface area (Å²) >= 11 is 0. The summed E-state index contributed by atoms with van der Waals surface area (Å²) in [5, 5.41) is 33.1. The van der Waals surface area contributed by atoms with Crippen molar-refractivity contribution in [2.24, 2.45) is 0 Å². The van der Waals surface area contributed by atoms with Crippen molar-refractivity contribution in [3.05, 3.63) is 45.2 Å². The van der Waals surface area contributed by atoms with Gasteiger partial charge in [0.05, 0.1) is 11.5 Å². The topological polar surface area (TPSA) is 126 Å². The minimum atomic E-state index is -0.947. The van der Waals surface area contributed by atoms with E-state index < -0.39 is 40.9 Å². The third-order valence-corrected chi connectivity index (χ3v) is 4.68. The molecule has 10 heteroatoms. The third kappa shape index (κ3) is 5.09. The van der Waals surface area contributed by atoms with Crippen molar-refractivity contribution in [3.63, 3.8) is 0 Å². The van der Waals surface area contributed by atoms with Crippen LogP contribution in [0.4, 0.5) is 5.69 Å². The van der Waals surface area contributed by atoms with Gasteiger partial charge < -0.3 is 29.3 Å². The molecule has 0 aliphatic carbocycles. The molecule has 0 unspecified atom stereocenters. The summed E-state index contributed by atoms with van der Waals surface area (Å²) in [6.45, 7) is 6.59. The molecule has 29 heavy (non-hydrogen) atoms. The lowest BCUT2D eigenvalue weighted by Crippen LogP contribution is -2.45. The smallest absolute Gasteiger partial charge is 0.270 e. The lowest BCUT2D eigenvalue weighted by molar-refractivity contribution is -0.466. The summed E-state index contributed by atoms with van der Waals surface area (Å²) in [6, 6.07) is 5.78. The number of aliphatic hydroxyl groups excluding tert-OH is 1. The van der Waals surface area contributed by atoms with Gasteiger partial charge in [-0.15, -0.1) is 0 Å². The number of non-ortho nitro benzene ring substituents is 1. The normalized spacial score (nSPS) is 31.1. The van der Waals surface area contributed by atoms with Crippen molar-refractivity contribution in [1.82, 2.24) is 0 Å². The first-order valence-electron chi connectivity index (χ1n) is 9.35. The summed E-state index contributed by atoms with van der Waals surface area (Å²) in [5.74, 6) is -1.84. The molecule has 2 aliphatic rings. The van der Waals surface area contributed by atoms with Crippen LogP contribution in [-0.4, -0.2) is 70.1 Å². The predicted molar refractivity (Wildman–Crippen MR) is 101 cm³/mol. The van der Waals surface area contributed by atoms with Gasteiger partial charge in [-0.3, -0.25) is 10.1 Å². The van der Waals surface area contributed by atoms with Gasteiger partial charge in [0.25, 0.3) is 5.69 Å². The number of hydrogen-bond acceptors (Lipinski definition) is 8. The van der Waals surface area contributed by atoms with E-state index in [0.29, 0.717) is 10.3 Å². The van der Waals surface area contributed by atoms with Gasteiger partial charge in [0.15, 0.2) is 24.3 Å². The van der Waals surface area contributed by atoms with Crippen LogP contribution in [0.5, 0.6) is 0 Å². The second kappa shape index (κ2) is 7.96. The van der Waals surface area contributed by atoms with Crippen LogP contribution in [-0.2, 0) is 18.9 Å². The van der Waals surface area contributed by atoms with E-state index >= 15 is 0 Å². The fourth-order valence-corrected chi connectivity index (χ4v) is 3.68. The van der Waals surface area contributed by atoms with E-state index in [1.54, 1.807) is 33.8 Å². The van der Waals surface area contributed by atoms with Crippen LogP contribution in [0.3, 0.4) is 0 Å². The van der Waals surface area contributed by atoms with E-state index in [1.807, 2.05) is 0 Å². The molecule has 160 valence electrons. The number of benzene rings is 1. The van der Waals surface area contributed by atoms with Crippen molar-refractivity contribution in [2.75, 3.05) is 13.2 Å². The zero-order chi connectivity index (χ0) is 21.4. The molecule has 1 aromatic carbocycles. The molecular weight excluding hydrogens is 384 g/mol. The standard InChI is InChI=1S/C19H26N2O8/c1-18(2)26-14(16(28-18)17-15(11-22)27-19(3,4)29-17)10-20(23)9-12-6-5-7-13(8-12)21(24)25/h5-9,14-17,22H,10-11H2,1-4H3/b20-9-/t14-,15-,16+,17-/m1/s1. The number of nitrogens with zero attached hydrogens (tertiary/aromatic N) is 2. The summed E-state index contributed by atoms with van der Waals surface area (Å²) in [7, 11) is 0. The Labute approximate surface area is 168 Å². The zero-order valence-corrected chi connectivity index (χ0v) is 16.8. The second-order valence-electron chi connectivity index (χ2n) is 8.04. The van der Waals surface area contributed by atoms with Crippen LogP contribution >= 0.6 is 0 Å². The lowest BCUT2D eigenvalue weighted by Gasteiger charge is -2.25. The molecule has 2 saturated heterocycles. The van der Waals surface area contributed by atoms with Crippen LogP contribution in [0.2, 0.25) is 0 Å². The van der Waals surface area contributed by atoms with Crippen molar-refractivity contribution in [2.45, 2.75) is 63.7 Å². The van der Waals surface area contributed by atoms with Gasteiger partial charge in [0.1, 0.15) is 24.4 Å². The number of rotatable bonds is 6. The molecule has 2 fully saturated rings. The van der Waals surface area contributed by atoms with Gasteiger partial charge in [-0.1, -0.05) is 6.07 Å². The van der Waals surface area contributed by atoms with Gasteiger partial charge in [-0.25, -0.2) is 4.74 Å². The Bertz CT molecular complexity index is 794. The molecule has 0 amide bonds. The molecule has 0 spiro atoms. The minimum absolute atomic E-state index is 0.0881. The fraction of sp³-hybridized carbons (Fsp3) is 0.632. The van der Waals surface area contributed by atoms with E-state index in [4.69, 9.17) is 18.9 Å². The molecule has 0 radical (unpaired) electrons. The van der Waals surface area contributed by atoms with Gasteiger partial charge in [0, 0.05) is 17.7 Å². The van der Waals surface area contributed by atoms with Crippen LogP contribution < -0.4 is 0 Å². The molecule has 2 heterocycles. The zero-order valence-electron chi connectivity index (χ0n) is 16.8. The van der Waals surface area contributed by atoms with Crippen LogP contribution in [0, 0.1) is 15.3 Å². The number of nitro groups is 1. The molecule has 1 aromatic rings. The number of ether oxygens (including phenoxy) is 4. The molecule has 3 rings (SSSR count). The Hall–Kier alpha value is -2.11. The largest absolute Gasteiger partial charge is 0.624 e. The Morgan fingerprint density at radius 1 is 1.03 bits per heavy atom. The first-order chi connectivity index (χ1) is 13.5. The van der Waals surface area contributed by atoms with Crippen molar-refractivity contribution in [1.29, 1.82) is 0 Å². The molecule has 1 N–H and O–H groups in total. The van der Waals surface area contributed by atoms with E-state index in [1.165, 1.54) is 24.4 Å². The van der Waals surface area contributed by atoms with E-state index in [9.17, 15) is 20.4 Å². The average molecular weight is 410 g/mol. The van der Waals surface area contributed by atoms with Crippen molar-refractivity contribution in [3.8, 4) is 0 Å². The lowest BCUT2D eigenvalue weighted by atomic mass is 10.0. The summed E-state index contributed by atoms with van der Waals surface area (Å²) < 4.78 is 24.1. The number of hydrogen-bond donors (Lipinski definition) is 1. The number of aliphatic hydroxyl groups is 1. The maximum Gasteiger partial charge on any atom is 0.270 e. The highest BCUT2D eigenvalue weighted by Gasteiger charge is 2.54. The predicted octanol–water partition coefficient (Wildman–Crippen LogP) is 1.56. The van der Waals surface area contributed by atoms with Crippen LogP contribution in [0.15, 0.2) is 24.3 Å². The van der Waals surface area contributed by atoms with Gasteiger partial charge in [-0.2, -0.15) is 0 Å². The highest BCUT2D eigenvalue weighted by molar-refractivity contribution is 5.76. The summed E-state index contributed by atoms with van der Waals surface area (Å²) in [5.41, 5.74) is 0.301. The van der Waals surface area contributed by atoms with Crippen LogP contribution in [0.25, 0.3) is 0 Å². The molecule has 4 atom stereocenters. The SMILES string of the molecule is CC1(C)O[C@H]([C@@H]2OC(C)(C)O[C@@H]2CO)[C@@H](C/[N+]([O-])=C/c2cccc([N+](=O)[O-])c2)O1. The Morgan fingerprint density at radius 3 is 2.21 bits per heavy atom. The average Bonchev–Trinajstić information content (AvgIpc) is 3.09. The molecule has 0 aromatic heterocycles. The van der Waals surface area contributed by atoms with E-state index in [2.05, 4.69) is 0 Å². The van der Waals surface area contributed by atoms with Crippen LogP contribution in [0.1, 0.15) is 33.3 Å². The van der Waals surface area contributed by atoms with Crippen molar-refractivity contribution >= 4 is 11.9 Å². The molecule has 2 aliphatic heterocycles. The third-order valence-electron chi connectivity index (χ3n) is 4.68. The molecular formula is C19H26N2O8. The molecule has 10 nitrogen and oxygen atoms in total. The monoisotopic (exact) mass is 410 g/mol. The van der Waals surface area contributed by atoms with E-state index in [-0.39, 0.29) is 18.8 Å². The summed E-state index contributed by atoms with van der Waals surface area (Å²) in [4.78, 5) is 10.4. The van der Waals surface area contributed by atoms with E-state index in [0.717, 1.165) is 0 Å². The Balaban J connectivity index is 1.79. The summed E-state index contributed by atoms with van der Waals surface area (Å²) in [6.07, 6.45) is -1.27. The maximum atomic E-state index is 12.5. The highest BCUT2D eigenvalue weighted by Crippen LogP contribution is 2.38. The first kappa shape index (κ1) is 21.6. The quantitative estimate of drug-likeness (QED) is 0.246. The highest BCUT2D eigenvalue weighted by atomic mass is 16.8. The fourth-order valence-electron chi connectivity index (χ4n) is 3.68. The van der Waals surface area contributed by atoms with Gasteiger partial charge in [-0.05, 0) is 33.8 Å². The second-order valence-corrected chi connectivity index (χ2v) is 8.04. The Kier molecular flexibility index (Phi) is 5.93. The number of hydroxylamine groups is 1. The Morgan fingerprint density at radius 2 is 1.62 bits per heavy atom. The number of nitro benzene ring substituents is 1. The first-order valence-corrected chi connectivity index (χ1v) is 9.35. The molecule has 0 bridgehead atoms. The maximum absolute atomic E-state index is 12.5. The van der Waals surface area contributed by atoms with Gasteiger partial charge >= 0.3 is 0 Å². The molecule has 0 saturated carbocycles. The van der Waals surface area contributed by atoms with Gasteiger partial charge in [0.2, 0.25) is 0 Å². The van der Waals surface area contributed by atoms with Crippen molar-refractivity contribution < 1.29 is 33.7 Å².